The van der Waals surface area contributed by atoms with E-state index in [1.807, 2.05) is 0 Å². The van der Waals surface area contributed by atoms with Crippen molar-refractivity contribution in [3.05, 3.63) is 0 Å². The molecule has 0 fully saturated rings. The van der Waals surface area contributed by atoms with Crippen molar-refractivity contribution in [2.75, 3.05) is 6.61 Å². The molecule has 3 atom stereocenters. The third kappa shape index (κ3) is 43.3. The SMILES string of the molecule is CCCCCCCCCCCCCCCCCCCCCCCCCCC(O)C(CO)NC(=O)C(O)CCCCCCCCCCCCCCCCCCCCC. The summed E-state index contributed by atoms with van der Waals surface area (Å²) in [5.41, 5.74) is 0. The van der Waals surface area contributed by atoms with Gasteiger partial charge in [-0.05, 0) is 12.8 Å². The fourth-order valence-electron chi connectivity index (χ4n) is 8.61. The lowest BCUT2D eigenvalue weighted by Crippen LogP contribution is -2.49. The topological polar surface area (TPSA) is 89.8 Å². The third-order valence-corrected chi connectivity index (χ3v) is 12.7. The van der Waals surface area contributed by atoms with Crippen molar-refractivity contribution in [3.8, 4) is 0 Å². The Morgan fingerprint density at radius 2 is 0.561 bits per heavy atom. The van der Waals surface area contributed by atoms with Crippen molar-refractivity contribution < 1.29 is 20.1 Å². The molecule has 1 amide bonds. The molecule has 0 spiro atoms. The van der Waals surface area contributed by atoms with Crippen LogP contribution in [0.25, 0.3) is 0 Å². The average Bonchev–Trinajstić information content (AvgIpc) is 3.22. The molecule has 0 rings (SSSR count). The van der Waals surface area contributed by atoms with E-state index < -0.39 is 24.2 Å². The summed E-state index contributed by atoms with van der Waals surface area (Å²) in [5.74, 6) is -0.463. The molecule has 0 saturated heterocycles. The van der Waals surface area contributed by atoms with E-state index in [9.17, 15) is 20.1 Å². The highest BCUT2D eigenvalue weighted by atomic mass is 16.3. The second-order valence-corrected chi connectivity index (χ2v) is 18.5. The van der Waals surface area contributed by atoms with Crippen LogP contribution in [0.2, 0.25) is 0 Å². The van der Waals surface area contributed by atoms with Crippen molar-refractivity contribution in [2.45, 2.75) is 321 Å². The molecular weight excluding hydrogens is 703 g/mol. The van der Waals surface area contributed by atoms with Gasteiger partial charge in [-0.3, -0.25) is 4.79 Å². The molecule has 0 radical (unpaired) electrons. The Kier molecular flexibility index (Phi) is 47.5. The average molecular weight is 808 g/mol. The van der Waals surface area contributed by atoms with Gasteiger partial charge in [0, 0.05) is 0 Å². The van der Waals surface area contributed by atoms with Crippen molar-refractivity contribution in [3.63, 3.8) is 0 Å². The van der Waals surface area contributed by atoms with Crippen molar-refractivity contribution in [1.29, 1.82) is 0 Å². The van der Waals surface area contributed by atoms with Crippen LogP contribution >= 0.6 is 0 Å². The standard InChI is InChI=1S/C52H105NO4/c1-3-5-7-9-11-13-15-17-19-21-23-24-25-26-27-29-30-32-34-36-38-40-42-44-46-50(55)49(48-54)53-52(57)51(56)47-45-43-41-39-37-35-33-31-28-22-20-18-16-14-12-10-8-6-4-2/h49-51,54-56H,3-48H2,1-2H3,(H,53,57). The molecular formula is C52H105NO4. The highest BCUT2D eigenvalue weighted by molar-refractivity contribution is 5.80. The predicted octanol–water partition coefficient (Wildman–Crippen LogP) is 15.8. The minimum Gasteiger partial charge on any atom is -0.394 e. The van der Waals surface area contributed by atoms with Gasteiger partial charge >= 0.3 is 0 Å². The first-order valence-corrected chi connectivity index (χ1v) is 26.3. The molecule has 0 aromatic rings. The second-order valence-electron chi connectivity index (χ2n) is 18.5. The summed E-state index contributed by atoms with van der Waals surface area (Å²) in [5, 5.41) is 33.5. The molecule has 0 aromatic carbocycles. The van der Waals surface area contributed by atoms with Gasteiger partial charge in [0.15, 0.2) is 0 Å². The zero-order valence-electron chi connectivity index (χ0n) is 39.0. The first kappa shape index (κ1) is 56.4. The number of rotatable bonds is 49. The van der Waals surface area contributed by atoms with Crippen LogP contribution in [-0.4, -0.2) is 46.1 Å². The van der Waals surface area contributed by atoms with E-state index in [-0.39, 0.29) is 6.61 Å². The van der Waals surface area contributed by atoms with Crippen LogP contribution in [0.15, 0.2) is 0 Å². The Hall–Kier alpha value is -0.650. The smallest absolute Gasteiger partial charge is 0.249 e. The lowest BCUT2D eigenvalue weighted by Gasteiger charge is -2.23. The molecule has 3 unspecified atom stereocenters. The minimum absolute atomic E-state index is 0.307. The number of amides is 1. The van der Waals surface area contributed by atoms with E-state index in [0.29, 0.717) is 12.8 Å². The summed E-state index contributed by atoms with van der Waals surface area (Å²) in [7, 11) is 0. The highest BCUT2D eigenvalue weighted by Gasteiger charge is 2.23. The Labute approximate surface area is 357 Å². The minimum atomic E-state index is -1.07. The molecule has 0 aliphatic heterocycles. The largest absolute Gasteiger partial charge is 0.394 e. The molecule has 0 saturated carbocycles. The van der Waals surface area contributed by atoms with E-state index in [1.54, 1.807) is 0 Å². The summed E-state index contributed by atoms with van der Waals surface area (Å²) >= 11 is 0. The summed E-state index contributed by atoms with van der Waals surface area (Å²) in [6.45, 7) is 4.27. The lowest BCUT2D eigenvalue weighted by atomic mass is 10.0. The van der Waals surface area contributed by atoms with Crippen LogP contribution in [0.3, 0.4) is 0 Å². The number of carbonyl (C=O) groups excluding carboxylic acids is 1. The van der Waals surface area contributed by atoms with Crippen LogP contribution in [0.5, 0.6) is 0 Å². The van der Waals surface area contributed by atoms with Crippen LogP contribution < -0.4 is 5.32 Å². The van der Waals surface area contributed by atoms with Crippen molar-refractivity contribution >= 4 is 5.91 Å². The van der Waals surface area contributed by atoms with Crippen LogP contribution in [0.4, 0.5) is 0 Å². The Balaban J connectivity index is 3.51. The fraction of sp³-hybridized carbons (Fsp3) is 0.981. The molecule has 0 aliphatic rings. The molecule has 5 heteroatoms. The maximum absolute atomic E-state index is 12.5. The molecule has 4 N–H and O–H groups in total. The van der Waals surface area contributed by atoms with Gasteiger partial charge in [-0.15, -0.1) is 0 Å². The summed E-state index contributed by atoms with van der Waals surface area (Å²) < 4.78 is 0. The first-order valence-electron chi connectivity index (χ1n) is 26.3. The van der Waals surface area contributed by atoms with Gasteiger partial charge in [0.05, 0.1) is 18.8 Å². The van der Waals surface area contributed by atoms with Gasteiger partial charge in [0.2, 0.25) is 5.91 Å². The van der Waals surface area contributed by atoms with Crippen LogP contribution in [0.1, 0.15) is 303 Å². The number of aliphatic hydroxyl groups is 3. The summed E-state index contributed by atoms with van der Waals surface area (Å²) in [4.78, 5) is 12.5. The highest BCUT2D eigenvalue weighted by Crippen LogP contribution is 2.18. The molecule has 57 heavy (non-hydrogen) atoms. The summed E-state index contributed by atoms with van der Waals surface area (Å²) in [6.07, 6.45) is 57.0. The number of hydrogen-bond acceptors (Lipinski definition) is 4. The Bertz CT molecular complexity index is 762. The molecule has 342 valence electrons. The normalized spacial score (nSPS) is 13.3. The third-order valence-electron chi connectivity index (χ3n) is 12.7. The van der Waals surface area contributed by atoms with Crippen molar-refractivity contribution in [2.24, 2.45) is 0 Å². The van der Waals surface area contributed by atoms with Gasteiger partial charge in [-0.1, -0.05) is 290 Å². The monoisotopic (exact) mass is 808 g/mol. The quantitative estimate of drug-likeness (QED) is 0.0461. The fourth-order valence-corrected chi connectivity index (χ4v) is 8.61. The number of hydrogen-bond donors (Lipinski definition) is 4. The van der Waals surface area contributed by atoms with Gasteiger partial charge in [0.1, 0.15) is 6.10 Å². The zero-order chi connectivity index (χ0) is 41.5. The molecule has 0 aliphatic carbocycles. The first-order chi connectivity index (χ1) is 28.1. The van der Waals surface area contributed by atoms with Gasteiger partial charge in [-0.2, -0.15) is 0 Å². The van der Waals surface area contributed by atoms with E-state index in [1.165, 1.54) is 244 Å². The van der Waals surface area contributed by atoms with Gasteiger partial charge in [-0.25, -0.2) is 0 Å². The zero-order valence-corrected chi connectivity index (χ0v) is 39.0. The van der Waals surface area contributed by atoms with E-state index >= 15 is 0 Å². The molecule has 0 heterocycles. The Morgan fingerprint density at radius 1 is 0.351 bits per heavy atom. The predicted molar refractivity (Wildman–Crippen MR) is 250 cm³/mol. The van der Waals surface area contributed by atoms with Crippen LogP contribution in [-0.2, 0) is 4.79 Å². The van der Waals surface area contributed by atoms with Gasteiger partial charge in [0.25, 0.3) is 0 Å². The van der Waals surface area contributed by atoms with E-state index in [0.717, 1.165) is 32.1 Å². The lowest BCUT2D eigenvalue weighted by molar-refractivity contribution is -0.131. The van der Waals surface area contributed by atoms with Crippen LogP contribution in [0, 0.1) is 0 Å². The number of unbranched alkanes of at least 4 members (excludes halogenated alkanes) is 41. The Morgan fingerprint density at radius 3 is 0.789 bits per heavy atom. The molecule has 0 bridgehead atoms. The maximum Gasteiger partial charge on any atom is 0.249 e. The van der Waals surface area contributed by atoms with Gasteiger partial charge < -0.3 is 20.6 Å². The van der Waals surface area contributed by atoms with E-state index in [2.05, 4.69) is 19.2 Å². The summed E-state index contributed by atoms with van der Waals surface area (Å²) in [6, 6.07) is -0.707. The number of nitrogens with one attached hydrogen (secondary N) is 1. The number of carbonyl (C=O) groups is 1. The molecule has 0 aromatic heterocycles. The second kappa shape index (κ2) is 48.0. The maximum atomic E-state index is 12.5. The van der Waals surface area contributed by atoms with Crippen molar-refractivity contribution in [1.82, 2.24) is 5.32 Å². The number of aliphatic hydroxyl groups excluding tert-OH is 3. The van der Waals surface area contributed by atoms with E-state index in [4.69, 9.17) is 0 Å². The molecule has 5 nitrogen and oxygen atoms in total.